The lowest BCUT2D eigenvalue weighted by Gasteiger charge is -2.34. The second-order valence-electron chi connectivity index (χ2n) is 6.82. The lowest BCUT2D eigenvalue weighted by molar-refractivity contribution is 0.0615. The maximum atomic E-state index is 13.8. The van der Waals surface area contributed by atoms with Gasteiger partial charge in [-0.1, -0.05) is 17.7 Å². The number of carbonyl (C=O) groups is 1. The van der Waals surface area contributed by atoms with Gasteiger partial charge >= 0.3 is 0 Å². The lowest BCUT2D eigenvalue weighted by Crippen LogP contribution is -2.49. The van der Waals surface area contributed by atoms with E-state index in [1.165, 1.54) is 6.07 Å². The minimum atomic E-state index is -0.321. The lowest BCUT2D eigenvalue weighted by atomic mass is 10.2. The average Bonchev–Trinajstić information content (AvgIpc) is 3.15. The van der Waals surface area contributed by atoms with Gasteiger partial charge in [0.05, 0.1) is 0 Å². The smallest absolute Gasteiger partial charge is 0.270 e. The van der Waals surface area contributed by atoms with Crippen LogP contribution in [0.3, 0.4) is 0 Å². The Bertz CT molecular complexity index is 965. The Morgan fingerprint density at radius 3 is 2.57 bits per heavy atom. The molecule has 1 N–H and O–H groups in total. The summed E-state index contributed by atoms with van der Waals surface area (Å²) in [6.45, 7) is 4.21. The Kier molecular flexibility index (Phi) is 5.50. The van der Waals surface area contributed by atoms with E-state index in [2.05, 4.69) is 9.88 Å². The Labute approximate surface area is 167 Å². The van der Waals surface area contributed by atoms with Gasteiger partial charge in [0.2, 0.25) is 0 Å². The first-order valence-corrected chi connectivity index (χ1v) is 9.65. The standard InChI is InChI=1S/C21H21ClFN3O2/c22-15-4-6-16(7-5-15)28-13-12-25-8-10-26(11-9-25)21(27)20-14-17-18(23)2-1-3-19(17)24-20/h1-7,14,24H,8-13H2. The van der Waals surface area contributed by atoms with Gasteiger partial charge in [-0.15, -0.1) is 0 Å². The van der Waals surface area contributed by atoms with Crippen LogP contribution in [0.25, 0.3) is 10.9 Å². The summed E-state index contributed by atoms with van der Waals surface area (Å²) in [6.07, 6.45) is 0. The van der Waals surface area contributed by atoms with Gasteiger partial charge in [-0.05, 0) is 42.5 Å². The number of aromatic amines is 1. The second-order valence-corrected chi connectivity index (χ2v) is 7.26. The van der Waals surface area contributed by atoms with Crippen LogP contribution < -0.4 is 4.74 Å². The molecule has 1 fully saturated rings. The minimum absolute atomic E-state index is 0.0901. The van der Waals surface area contributed by atoms with Crippen LogP contribution in [0.4, 0.5) is 4.39 Å². The number of nitrogens with one attached hydrogen (secondary N) is 1. The van der Waals surface area contributed by atoms with Crippen molar-refractivity contribution in [2.24, 2.45) is 0 Å². The van der Waals surface area contributed by atoms with E-state index in [1.807, 2.05) is 12.1 Å². The molecule has 1 saturated heterocycles. The molecule has 2 aromatic carbocycles. The Morgan fingerprint density at radius 2 is 1.86 bits per heavy atom. The van der Waals surface area contributed by atoms with Crippen LogP contribution in [0.15, 0.2) is 48.5 Å². The molecule has 0 saturated carbocycles. The van der Waals surface area contributed by atoms with E-state index < -0.39 is 0 Å². The maximum Gasteiger partial charge on any atom is 0.270 e. The molecule has 1 aliphatic heterocycles. The van der Waals surface area contributed by atoms with Crippen LogP contribution in [-0.2, 0) is 0 Å². The molecule has 28 heavy (non-hydrogen) atoms. The van der Waals surface area contributed by atoms with E-state index >= 15 is 0 Å². The molecule has 1 aromatic heterocycles. The molecular formula is C21H21ClFN3O2. The van der Waals surface area contributed by atoms with Crippen molar-refractivity contribution in [3.05, 3.63) is 65.1 Å². The number of ether oxygens (including phenoxy) is 1. The molecule has 2 heterocycles. The molecule has 0 radical (unpaired) electrons. The molecule has 1 amide bonds. The van der Waals surface area contributed by atoms with Crippen LogP contribution >= 0.6 is 11.6 Å². The van der Waals surface area contributed by atoms with E-state index in [-0.39, 0.29) is 11.7 Å². The first-order chi connectivity index (χ1) is 13.6. The SMILES string of the molecule is O=C(c1cc2c(F)cccc2[nH]1)N1CCN(CCOc2ccc(Cl)cc2)CC1. The average molecular weight is 402 g/mol. The number of halogens is 2. The van der Waals surface area contributed by atoms with Crippen molar-refractivity contribution < 1.29 is 13.9 Å². The number of piperazine rings is 1. The Hall–Kier alpha value is -2.57. The number of fused-ring (bicyclic) bond motifs is 1. The molecule has 1 aliphatic rings. The highest BCUT2D eigenvalue weighted by Crippen LogP contribution is 2.20. The van der Waals surface area contributed by atoms with Gasteiger partial charge < -0.3 is 14.6 Å². The third-order valence-corrected chi connectivity index (χ3v) is 5.24. The molecule has 4 rings (SSSR count). The predicted octanol–water partition coefficient (Wildman–Crippen LogP) is 3.80. The van der Waals surface area contributed by atoms with Gasteiger partial charge in [0.1, 0.15) is 23.9 Å². The number of hydrogen-bond donors (Lipinski definition) is 1. The van der Waals surface area contributed by atoms with Crippen LogP contribution in [-0.4, -0.2) is 60.0 Å². The second kappa shape index (κ2) is 8.20. The highest BCUT2D eigenvalue weighted by atomic mass is 35.5. The topological polar surface area (TPSA) is 48.6 Å². The van der Waals surface area contributed by atoms with Crippen LogP contribution in [0, 0.1) is 5.82 Å². The molecule has 0 bridgehead atoms. The van der Waals surface area contributed by atoms with Crippen molar-refractivity contribution in [1.29, 1.82) is 0 Å². The van der Waals surface area contributed by atoms with Gasteiger partial charge in [-0.25, -0.2) is 4.39 Å². The van der Waals surface area contributed by atoms with Crippen LogP contribution in [0.2, 0.25) is 5.02 Å². The normalized spacial score (nSPS) is 15.1. The number of H-pyrrole nitrogens is 1. The van der Waals surface area contributed by atoms with Gasteiger partial charge in [-0.3, -0.25) is 9.69 Å². The summed E-state index contributed by atoms with van der Waals surface area (Å²) < 4.78 is 19.6. The molecule has 3 aromatic rings. The zero-order valence-electron chi connectivity index (χ0n) is 15.3. The number of amides is 1. The molecular weight excluding hydrogens is 381 g/mol. The molecule has 5 nitrogen and oxygen atoms in total. The van der Waals surface area contributed by atoms with Crippen LogP contribution in [0.1, 0.15) is 10.5 Å². The zero-order chi connectivity index (χ0) is 19.5. The molecule has 146 valence electrons. The van der Waals surface area contributed by atoms with E-state index in [4.69, 9.17) is 16.3 Å². The predicted molar refractivity (Wildman–Crippen MR) is 108 cm³/mol. The number of hydrogen-bond acceptors (Lipinski definition) is 3. The van der Waals surface area contributed by atoms with Crippen molar-refractivity contribution in [2.45, 2.75) is 0 Å². The summed E-state index contributed by atoms with van der Waals surface area (Å²) in [6, 6.07) is 13.7. The summed E-state index contributed by atoms with van der Waals surface area (Å²) in [7, 11) is 0. The zero-order valence-corrected chi connectivity index (χ0v) is 16.1. The van der Waals surface area contributed by atoms with Crippen molar-refractivity contribution in [3.8, 4) is 5.75 Å². The minimum Gasteiger partial charge on any atom is -0.492 e. The summed E-state index contributed by atoms with van der Waals surface area (Å²) in [5, 5.41) is 1.13. The van der Waals surface area contributed by atoms with Gasteiger partial charge in [-0.2, -0.15) is 0 Å². The highest BCUT2D eigenvalue weighted by molar-refractivity contribution is 6.30. The Balaban J connectivity index is 1.27. The summed E-state index contributed by atoms with van der Waals surface area (Å²) in [5.41, 5.74) is 1.07. The van der Waals surface area contributed by atoms with E-state index in [0.717, 1.165) is 25.4 Å². The summed E-state index contributed by atoms with van der Waals surface area (Å²) in [4.78, 5) is 19.8. The fourth-order valence-corrected chi connectivity index (χ4v) is 3.53. The fraction of sp³-hybridized carbons (Fsp3) is 0.286. The molecule has 0 spiro atoms. The molecule has 7 heteroatoms. The maximum absolute atomic E-state index is 13.8. The van der Waals surface area contributed by atoms with Gasteiger partial charge in [0.25, 0.3) is 5.91 Å². The monoisotopic (exact) mass is 401 g/mol. The third-order valence-electron chi connectivity index (χ3n) is 4.99. The number of carbonyl (C=O) groups excluding carboxylic acids is 1. The summed E-state index contributed by atoms with van der Waals surface area (Å²) >= 11 is 5.86. The van der Waals surface area contributed by atoms with Crippen LogP contribution in [0.5, 0.6) is 5.75 Å². The number of nitrogens with zero attached hydrogens (tertiary/aromatic N) is 2. The van der Waals surface area contributed by atoms with Crippen molar-refractivity contribution in [2.75, 3.05) is 39.3 Å². The first-order valence-electron chi connectivity index (χ1n) is 9.27. The van der Waals surface area contributed by atoms with Gasteiger partial charge in [0.15, 0.2) is 0 Å². The first kappa shape index (κ1) is 18.8. The third kappa shape index (κ3) is 4.13. The molecule has 0 unspecified atom stereocenters. The number of aromatic nitrogens is 1. The Morgan fingerprint density at radius 1 is 1.11 bits per heavy atom. The van der Waals surface area contributed by atoms with E-state index in [1.54, 1.807) is 35.2 Å². The summed E-state index contributed by atoms with van der Waals surface area (Å²) in [5.74, 6) is 0.384. The number of rotatable bonds is 5. The van der Waals surface area contributed by atoms with E-state index in [9.17, 15) is 9.18 Å². The van der Waals surface area contributed by atoms with E-state index in [0.29, 0.717) is 41.3 Å². The van der Waals surface area contributed by atoms with Crippen molar-refractivity contribution in [1.82, 2.24) is 14.8 Å². The molecule has 0 aliphatic carbocycles. The van der Waals surface area contributed by atoms with Crippen molar-refractivity contribution >= 4 is 28.4 Å². The molecule has 0 atom stereocenters. The number of benzene rings is 2. The largest absolute Gasteiger partial charge is 0.492 e. The quantitative estimate of drug-likeness (QED) is 0.707. The fourth-order valence-electron chi connectivity index (χ4n) is 3.40. The van der Waals surface area contributed by atoms with Crippen molar-refractivity contribution in [3.63, 3.8) is 0 Å². The van der Waals surface area contributed by atoms with Gasteiger partial charge in [0, 0.05) is 48.6 Å². The highest BCUT2D eigenvalue weighted by Gasteiger charge is 2.23.